The van der Waals surface area contributed by atoms with E-state index in [2.05, 4.69) is 15.3 Å². The van der Waals surface area contributed by atoms with Gasteiger partial charge in [0.15, 0.2) is 0 Å². The molecule has 1 heterocycles. The molecule has 0 spiro atoms. The molecule has 3 N–H and O–H groups in total. The number of anilines is 1. The van der Waals surface area contributed by atoms with Crippen molar-refractivity contribution in [2.24, 2.45) is 17.6 Å². The van der Waals surface area contributed by atoms with Crippen LogP contribution in [0.5, 0.6) is 5.88 Å². The van der Waals surface area contributed by atoms with Crippen molar-refractivity contribution in [1.82, 2.24) is 9.97 Å². The Morgan fingerprint density at radius 3 is 3.00 bits per heavy atom. The number of nitrogens with zero attached hydrogens (tertiary/aromatic N) is 2. The second-order valence-corrected chi connectivity index (χ2v) is 4.74. The third-order valence-electron chi connectivity index (χ3n) is 3.57. The van der Waals surface area contributed by atoms with Gasteiger partial charge in [0.1, 0.15) is 5.82 Å². The summed E-state index contributed by atoms with van der Waals surface area (Å²) in [5.41, 5.74) is 5.78. The van der Waals surface area contributed by atoms with Crippen LogP contribution in [0.2, 0.25) is 0 Å². The fourth-order valence-electron chi connectivity index (χ4n) is 2.58. The van der Waals surface area contributed by atoms with Gasteiger partial charge in [-0.3, -0.25) is 4.98 Å². The topological polar surface area (TPSA) is 73.1 Å². The van der Waals surface area contributed by atoms with Crippen molar-refractivity contribution in [3.05, 3.63) is 12.4 Å². The lowest BCUT2D eigenvalue weighted by molar-refractivity contribution is 0.325. The predicted molar refractivity (Wildman–Crippen MR) is 71.6 cm³/mol. The average Bonchev–Trinajstić information content (AvgIpc) is 2.84. The average molecular weight is 250 g/mol. The Labute approximate surface area is 108 Å². The largest absolute Gasteiger partial charge is 0.477 e. The van der Waals surface area contributed by atoms with Crippen molar-refractivity contribution < 1.29 is 4.74 Å². The summed E-state index contributed by atoms with van der Waals surface area (Å²) in [6, 6.07) is 0. The molecule has 0 radical (unpaired) electrons. The molecule has 1 saturated carbocycles. The molecule has 1 aromatic rings. The van der Waals surface area contributed by atoms with Crippen LogP contribution in [0.1, 0.15) is 26.2 Å². The maximum atomic E-state index is 5.78. The van der Waals surface area contributed by atoms with Gasteiger partial charge in [0.05, 0.1) is 19.0 Å². The van der Waals surface area contributed by atoms with E-state index < -0.39 is 0 Å². The number of nitrogens with two attached hydrogens (primary N) is 1. The first-order chi connectivity index (χ1) is 8.83. The standard InChI is InChI=1S/C13H22N4O/c1-2-18-13-9-15-8-12(17-13)16-7-11-5-3-4-10(11)6-14/h8-11H,2-7,14H2,1H3,(H,16,17). The molecule has 0 aromatic carbocycles. The molecule has 2 atom stereocenters. The lowest BCUT2D eigenvalue weighted by Crippen LogP contribution is -2.24. The molecule has 1 fully saturated rings. The number of rotatable bonds is 6. The summed E-state index contributed by atoms with van der Waals surface area (Å²) in [6.07, 6.45) is 7.17. The summed E-state index contributed by atoms with van der Waals surface area (Å²) >= 11 is 0. The third-order valence-corrected chi connectivity index (χ3v) is 3.57. The fraction of sp³-hybridized carbons (Fsp3) is 0.692. The van der Waals surface area contributed by atoms with E-state index in [9.17, 15) is 0 Å². The van der Waals surface area contributed by atoms with Crippen LogP contribution >= 0.6 is 0 Å². The van der Waals surface area contributed by atoms with Gasteiger partial charge in [0.25, 0.3) is 0 Å². The highest BCUT2D eigenvalue weighted by atomic mass is 16.5. The summed E-state index contributed by atoms with van der Waals surface area (Å²) in [4.78, 5) is 8.46. The number of nitrogens with one attached hydrogen (secondary N) is 1. The van der Waals surface area contributed by atoms with Gasteiger partial charge in [-0.05, 0) is 38.1 Å². The van der Waals surface area contributed by atoms with Gasteiger partial charge in [-0.2, -0.15) is 4.98 Å². The first-order valence-electron chi connectivity index (χ1n) is 6.72. The molecular weight excluding hydrogens is 228 g/mol. The van der Waals surface area contributed by atoms with Gasteiger partial charge in [0.2, 0.25) is 5.88 Å². The van der Waals surface area contributed by atoms with E-state index in [0.29, 0.717) is 24.3 Å². The predicted octanol–water partition coefficient (Wildman–Crippen LogP) is 1.66. The monoisotopic (exact) mass is 250 g/mol. The Morgan fingerprint density at radius 1 is 1.39 bits per heavy atom. The molecule has 5 nitrogen and oxygen atoms in total. The zero-order valence-electron chi connectivity index (χ0n) is 10.9. The van der Waals surface area contributed by atoms with Gasteiger partial charge in [-0.25, -0.2) is 0 Å². The van der Waals surface area contributed by atoms with E-state index in [1.54, 1.807) is 12.4 Å². The SMILES string of the molecule is CCOc1cncc(NCC2CCCC2CN)n1. The molecule has 1 aromatic heterocycles. The normalized spacial score (nSPS) is 23.0. The third kappa shape index (κ3) is 3.32. The van der Waals surface area contributed by atoms with Crippen molar-refractivity contribution in [2.45, 2.75) is 26.2 Å². The minimum Gasteiger partial charge on any atom is -0.477 e. The maximum Gasteiger partial charge on any atom is 0.234 e. The summed E-state index contributed by atoms with van der Waals surface area (Å²) in [7, 11) is 0. The van der Waals surface area contributed by atoms with Crippen LogP contribution in [-0.4, -0.2) is 29.7 Å². The highest BCUT2D eigenvalue weighted by molar-refractivity contribution is 5.33. The number of ether oxygens (including phenoxy) is 1. The lowest BCUT2D eigenvalue weighted by atomic mass is 9.96. The van der Waals surface area contributed by atoms with Gasteiger partial charge < -0.3 is 15.8 Å². The van der Waals surface area contributed by atoms with Gasteiger partial charge in [-0.1, -0.05) is 6.42 Å². The summed E-state index contributed by atoms with van der Waals surface area (Å²) in [5.74, 6) is 2.67. The molecule has 1 aliphatic rings. The Hall–Kier alpha value is -1.36. The molecule has 0 saturated heterocycles. The van der Waals surface area contributed by atoms with Crippen LogP contribution in [0, 0.1) is 11.8 Å². The van der Waals surface area contributed by atoms with Crippen molar-refractivity contribution in [1.29, 1.82) is 0 Å². The Morgan fingerprint density at radius 2 is 2.22 bits per heavy atom. The first-order valence-corrected chi connectivity index (χ1v) is 6.72. The summed E-state index contributed by atoms with van der Waals surface area (Å²) in [5, 5.41) is 3.34. The van der Waals surface area contributed by atoms with E-state index in [0.717, 1.165) is 18.9 Å². The van der Waals surface area contributed by atoms with Crippen LogP contribution in [0.4, 0.5) is 5.82 Å². The summed E-state index contributed by atoms with van der Waals surface area (Å²) in [6.45, 7) is 4.26. The van der Waals surface area contributed by atoms with Crippen LogP contribution < -0.4 is 15.8 Å². The molecule has 100 valence electrons. The highest BCUT2D eigenvalue weighted by Gasteiger charge is 2.25. The second kappa shape index (κ2) is 6.54. The Balaban J connectivity index is 1.87. The molecule has 0 aliphatic heterocycles. The van der Waals surface area contributed by atoms with Crippen LogP contribution in [0.25, 0.3) is 0 Å². The van der Waals surface area contributed by atoms with E-state index in [1.807, 2.05) is 6.92 Å². The number of hydrogen-bond donors (Lipinski definition) is 2. The molecule has 2 unspecified atom stereocenters. The molecule has 2 rings (SSSR count). The molecule has 5 heteroatoms. The van der Waals surface area contributed by atoms with Gasteiger partial charge in [-0.15, -0.1) is 0 Å². The zero-order chi connectivity index (χ0) is 12.8. The minimum atomic E-state index is 0.573. The molecule has 0 bridgehead atoms. The minimum absolute atomic E-state index is 0.573. The highest BCUT2D eigenvalue weighted by Crippen LogP contribution is 2.30. The number of hydrogen-bond acceptors (Lipinski definition) is 5. The van der Waals surface area contributed by atoms with Gasteiger partial charge in [0, 0.05) is 6.54 Å². The van der Waals surface area contributed by atoms with Crippen molar-refractivity contribution in [2.75, 3.05) is 25.0 Å². The molecule has 0 amide bonds. The summed E-state index contributed by atoms with van der Waals surface area (Å²) < 4.78 is 5.33. The van der Waals surface area contributed by atoms with Crippen molar-refractivity contribution in [3.8, 4) is 5.88 Å². The van der Waals surface area contributed by atoms with Crippen molar-refractivity contribution >= 4 is 5.82 Å². The van der Waals surface area contributed by atoms with E-state index >= 15 is 0 Å². The zero-order valence-corrected chi connectivity index (χ0v) is 10.9. The Bertz CT molecular complexity index is 372. The van der Waals surface area contributed by atoms with E-state index in [4.69, 9.17) is 10.5 Å². The van der Waals surface area contributed by atoms with E-state index in [-0.39, 0.29) is 0 Å². The fourth-order valence-corrected chi connectivity index (χ4v) is 2.58. The van der Waals surface area contributed by atoms with Crippen LogP contribution in [0.3, 0.4) is 0 Å². The second-order valence-electron chi connectivity index (χ2n) is 4.74. The molecule has 18 heavy (non-hydrogen) atoms. The van der Waals surface area contributed by atoms with Crippen LogP contribution in [0.15, 0.2) is 12.4 Å². The van der Waals surface area contributed by atoms with Crippen molar-refractivity contribution in [3.63, 3.8) is 0 Å². The number of aromatic nitrogens is 2. The Kier molecular flexibility index (Phi) is 4.75. The lowest BCUT2D eigenvalue weighted by Gasteiger charge is -2.18. The maximum absolute atomic E-state index is 5.78. The molecular formula is C13H22N4O. The van der Waals surface area contributed by atoms with Crippen LogP contribution in [-0.2, 0) is 0 Å². The van der Waals surface area contributed by atoms with Gasteiger partial charge >= 0.3 is 0 Å². The quantitative estimate of drug-likeness (QED) is 0.803. The first kappa shape index (κ1) is 13.1. The molecule has 1 aliphatic carbocycles. The van der Waals surface area contributed by atoms with E-state index in [1.165, 1.54) is 19.3 Å². The smallest absolute Gasteiger partial charge is 0.234 e.